The minimum Gasteiger partial charge on any atom is -0.329 e. The summed E-state index contributed by atoms with van der Waals surface area (Å²) in [6, 6.07) is 0. The molecule has 0 aromatic heterocycles. The van der Waals surface area contributed by atoms with E-state index in [9.17, 15) is 8.42 Å². The zero-order valence-corrected chi connectivity index (χ0v) is 13.3. The second-order valence-electron chi connectivity index (χ2n) is 5.53. The smallest absolute Gasteiger partial charge is 0.279 e. The van der Waals surface area contributed by atoms with Crippen LogP contribution in [0.3, 0.4) is 0 Å². The van der Waals surface area contributed by atoms with E-state index in [1.165, 1.54) is 10.7 Å². The highest BCUT2D eigenvalue weighted by molar-refractivity contribution is 7.87. The quantitative estimate of drug-likeness (QED) is 0.745. The Kier molecular flexibility index (Phi) is 6.23. The molecule has 0 atom stereocenters. The molecular formula is C13H29N3O2S. The highest BCUT2D eigenvalue weighted by Crippen LogP contribution is 2.33. The Morgan fingerprint density at radius 3 is 2.11 bits per heavy atom. The van der Waals surface area contributed by atoms with Gasteiger partial charge >= 0.3 is 0 Å². The lowest BCUT2D eigenvalue weighted by atomic mass is 9.76. The van der Waals surface area contributed by atoms with Gasteiger partial charge in [0.15, 0.2) is 0 Å². The van der Waals surface area contributed by atoms with Gasteiger partial charge in [-0.05, 0) is 31.6 Å². The van der Waals surface area contributed by atoms with Gasteiger partial charge in [-0.1, -0.05) is 27.2 Å². The van der Waals surface area contributed by atoms with Crippen molar-refractivity contribution in [3.8, 4) is 0 Å². The summed E-state index contributed by atoms with van der Waals surface area (Å²) in [5.74, 6) is 0.720. The van der Waals surface area contributed by atoms with Crippen molar-refractivity contribution in [2.45, 2.75) is 58.4 Å². The topological polar surface area (TPSA) is 75.4 Å². The molecule has 0 aromatic carbocycles. The van der Waals surface area contributed by atoms with E-state index in [0.717, 1.165) is 31.6 Å². The lowest BCUT2D eigenvalue weighted by Gasteiger charge is -2.40. The third-order valence-corrected chi connectivity index (χ3v) is 6.31. The molecule has 3 N–H and O–H groups in total. The molecule has 6 heteroatoms. The van der Waals surface area contributed by atoms with Crippen LogP contribution in [0.2, 0.25) is 0 Å². The van der Waals surface area contributed by atoms with Gasteiger partial charge in [-0.25, -0.2) is 0 Å². The van der Waals surface area contributed by atoms with E-state index in [0.29, 0.717) is 19.6 Å². The maximum atomic E-state index is 12.3. The lowest BCUT2D eigenvalue weighted by molar-refractivity contribution is 0.213. The molecule has 0 aliphatic heterocycles. The molecule has 1 aliphatic carbocycles. The third kappa shape index (κ3) is 4.15. The maximum absolute atomic E-state index is 12.3. The Bertz CT molecular complexity index is 358. The summed E-state index contributed by atoms with van der Waals surface area (Å²) in [6.07, 6.45) is 5.00. The Morgan fingerprint density at radius 1 is 1.21 bits per heavy atom. The molecule has 0 heterocycles. The van der Waals surface area contributed by atoms with Crippen molar-refractivity contribution >= 4 is 10.2 Å². The number of nitrogens with one attached hydrogen (secondary N) is 1. The van der Waals surface area contributed by atoms with Crippen LogP contribution < -0.4 is 10.5 Å². The van der Waals surface area contributed by atoms with E-state index in [2.05, 4.69) is 11.6 Å². The first kappa shape index (κ1) is 16.9. The van der Waals surface area contributed by atoms with E-state index >= 15 is 0 Å². The van der Waals surface area contributed by atoms with Crippen molar-refractivity contribution in [1.29, 1.82) is 0 Å². The predicted molar refractivity (Wildman–Crippen MR) is 79.0 cm³/mol. The first-order chi connectivity index (χ1) is 8.93. The summed E-state index contributed by atoms with van der Waals surface area (Å²) in [5.41, 5.74) is 5.43. The molecule has 0 bridgehead atoms. The van der Waals surface area contributed by atoms with Crippen LogP contribution in [-0.4, -0.2) is 37.9 Å². The minimum absolute atomic E-state index is 0.379. The van der Waals surface area contributed by atoms with Crippen molar-refractivity contribution in [1.82, 2.24) is 9.03 Å². The fourth-order valence-corrected chi connectivity index (χ4v) is 4.53. The number of nitrogens with two attached hydrogens (primary N) is 1. The Balaban J connectivity index is 2.77. The summed E-state index contributed by atoms with van der Waals surface area (Å²) < 4.78 is 29.0. The maximum Gasteiger partial charge on any atom is 0.279 e. The van der Waals surface area contributed by atoms with Crippen molar-refractivity contribution in [2.75, 3.05) is 19.6 Å². The van der Waals surface area contributed by atoms with E-state index in [-0.39, 0.29) is 0 Å². The highest BCUT2D eigenvalue weighted by atomic mass is 32.2. The Labute approximate surface area is 118 Å². The van der Waals surface area contributed by atoms with Crippen molar-refractivity contribution < 1.29 is 8.42 Å². The molecule has 0 spiro atoms. The molecule has 0 radical (unpaired) electrons. The van der Waals surface area contributed by atoms with E-state index in [1.807, 2.05) is 13.8 Å². The molecular weight excluding hydrogens is 262 g/mol. The monoisotopic (exact) mass is 291 g/mol. The SMILES string of the molecule is CCC1CCC(CN)(NS(=O)(=O)N(CC)CC)CC1. The fraction of sp³-hybridized carbons (Fsp3) is 1.00. The zero-order valence-electron chi connectivity index (χ0n) is 12.5. The van der Waals surface area contributed by atoms with Crippen LogP contribution in [0.4, 0.5) is 0 Å². The molecule has 0 aromatic rings. The van der Waals surface area contributed by atoms with Crippen molar-refractivity contribution in [3.05, 3.63) is 0 Å². The first-order valence-electron chi connectivity index (χ1n) is 7.42. The van der Waals surface area contributed by atoms with Gasteiger partial charge in [-0.2, -0.15) is 17.4 Å². The largest absolute Gasteiger partial charge is 0.329 e. The van der Waals surface area contributed by atoms with Crippen LogP contribution in [0.25, 0.3) is 0 Å². The normalized spacial score (nSPS) is 28.8. The van der Waals surface area contributed by atoms with Crippen LogP contribution in [0.5, 0.6) is 0 Å². The third-order valence-electron chi connectivity index (χ3n) is 4.42. The molecule has 1 saturated carbocycles. The molecule has 1 rings (SSSR count). The minimum atomic E-state index is -3.41. The molecule has 114 valence electrons. The van der Waals surface area contributed by atoms with Crippen LogP contribution in [0.15, 0.2) is 0 Å². The molecule has 0 amide bonds. The van der Waals surface area contributed by atoms with Gasteiger partial charge in [0.1, 0.15) is 0 Å². The molecule has 0 unspecified atom stereocenters. The number of hydrogen-bond donors (Lipinski definition) is 2. The predicted octanol–water partition coefficient (Wildman–Crippen LogP) is 1.46. The summed E-state index contributed by atoms with van der Waals surface area (Å²) in [5, 5.41) is 0. The van der Waals surface area contributed by atoms with Crippen LogP contribution in [-0.2, 0) is 10.2 Å². The van der Waals surface area contributed by atoms with Gasteiger partial charge in [0.05, 0.1) is 0 Å². The fourth-order valence-electron chi connectivity index (χ4n) is 2.89. The lowest BCUT2D eigenvalue weighted by Crippen LogP contribution is -2.58. The molecule has 19 heavy (non-hydrogen) atoms. The first-order valence-corrected chi connectivity index (χ1v) is 8.86. The Hall–Kier alpha value is -0.170. The molecule has 1 aliphatic rings. The second-order valence-corrected chi connectivity index (χ2v) is 7.20. The second kappa shape index (κ2) is 7.02. The number of hydrogen-bond acceptors (Lipinski definition) is 3. The number of rotatable bonds is 7. The van der Waals surface area contributed by atoms with Crippen LogP contribution in [0, 0.1) is 5.92 Å². The van der Waals surface area contributed by atoms with E-state index in [4.69, 9.17) is 5.73 Å². The average Bonchev–Trinajstić information content (AvgIpc) is 2.40. The van der Waals surface area contributed by atoms with Crippen LogP contribution in [0.1, 0.15) is 52.9 Å². The molecule has 0 saturated heterocycles. The summed E-state index contributed by atoms with van der Waals surface area (Å²) >= 11 is 0. The summed E-state index contributed by atoms with van der Waals surface area (Å²) in [6.45, 7) is 7.26. The van der Waals surface area contributed by atoms with E-state index in [1.54, 1.807) is 0 Å². The average molecular weight is 291 g/mol. The van der Waals surface area contributed by atoms with Crippen molar-refractivity contribution in [2.24, 2.45) is 11.7 Å². The van der Waals surface area contributed by atoms with Gasteiger partial charge in [0.2, 0.25) is 0 Å². The summed E-state index contributed by atoms with van der Waals surface area (Å²) in [7, 11) is -3.41. The Morgan fingerprint density at radius 2 is 1.74 bits per heavy atom. The highest BCUT2D eigenvalue weighted by Gasteiger charge is 2.38. The number of nitrogens with zero attached hydrogens (tertiary/aromatic N) is 1. The van der Waals surface area contributed by atoms with Crippen LogP contribution >= 0.6 is 0 Å². The van der Waals surface area contributed by atoms with Gasteiger partial charge in [-0.15, -0.1) is 0 Å². The molecule has 1 fully saturated rings. The van der Waals surface area contributed by atoms with Gasteiger partial charge in [0, 0.05) is 25.2 Å². The standard InChI is InChI=1S/C13H29N3O2S/c1-4-12-7-9-13(11-14,10-8-12)15-19(17,18)16(5-2)6-3/h12,15H,4-11,14H2,1-3H3. The molecule has 5 nitrogen and oxygen atoms in total. The van der Waals surface area contributed by atoms with Crippen molar-refractivity contribution in [3.63, 3.8) is 0 Å². The zero-order chi connectivity index (χ0) is 14.5. The van der Waals surface area contributed by atoms with Gasteiger partial charge in [-0.3, -0.25) is 0 Å². The summed E-state index contributed by atoms with van der Waals surface area (Å²) in [4.78, 5) is 0. The van der Waals surface area contributed by atoms with Gasteiger partial charge < -0.3 is 5.73 Å². The van der Waals surface area contributed by atoms with E-state index < -0.39 is 15.7 Å². The van der Waals surface area contributed by atoms with Gasteiger partial charge in [0.25, 0.3) is 10.2 Å².